The molecule has 2 heterocycles. The first kappa shape index (κ1) is 11.7. The topological polar surface area (TPSA) is 38.1 Å². The number of rotatable bonds is 3. The highest BCUT2D eigenvalue weighted by atomic mass is 19.1. The van der Waals surface area contributed by atoms with Gasteiger partial charge in [-0.15, -0.1) is 0 Å². The smallest absolute Gasteiger partial charge is 0.195 e. The third-order valence-corrected chi connectivity index (χ3v) is 3.62. The largest absolute Gasteiger partial charge is 0.441 e. The highest BCUT2D eigenvalue weighted by molar-refractivity contribution is 5.72. The summed E-state index contributed by atoms with van der Waals surface area (Å²) in [5.41, 5.74) is 1.30. The summed E-state index contributed by atoms with van der Waals surface area (Å²) in [6.07, 6.45) is 4.42. The minimum atomic E-state index is -0.274. The van der Waals surface area contributed by atoms with Crippen molar-refractivity contribution in [2.45, 2.75) is 25.7 Å². The van der Waals surface area contributed by atoms with Crippen LogP contribution in [0.4, 0.5) is 4.39 Å². The van der Waals surface area contributed by atoms with E-state index in [-0.39, 0.29) is 5.82 Å². The quantitative estimate of drug-likeness (QED) is 0.907. The zero-order valence-corrected chi connectivity index (χ0v) is 10.3. The van der Waals surface area contributed by atoms with Crippen LogP contribution in [0.15, 0.2) is 22.6 Å². The molecule has 4 heteroatoms. The highest BCUT2D eigenvalue weighted by Crippen LogP contribution is 2.21. The van der Waals surface area contributed by atoms with Crippen LogP contribution in [0.1, 0.15) is 25.2 Å². The lowest BCUT2D eigenvalue weighted by Crippen LogP contribution is -2.27. The van der Waals surface area contributed by atoms with Gasteiger partial charge in [-0.2, -0.15) is 0 Å². The number of halogens is 1. The Balaban J connectivity index is 1.67. The molecule has 96 valence electrons. The van der Waals surface area contributed by atoms with Gasteiger partial charge in [0.2, 0.25) is 0 Å². The van der Waals surface area contributed by atoms with Gasteiger partial charge >= 0.3 is 0 Å². The maximum absolute atomic E-state index is 13.0. The Labute approximate surface area is 105 Å². The molecule has 0 radical (unpaired) electrons. The van der Waals surface area contributed by atoms with Crippen molar-refractivity contribution in [2.24, 2.45) is 5.92 Å². The SMILES string of the molecule is Fc1ccc2nc(CCC3CCNCC3)oc2c1. The van der Waals surface area contributed by atoms with Crippen molar-refractivity contribution >= 4 is 11.1 Å². The standard InChI is InChI=1S/C14H17FN2O/c15-11-2-3-12-13(9-11)18-14(17-12)4-1-10-5-7-16-8-6-10/h2-3,9-10,16H,1,4-8H2. The second-order valence-electron chi connectivity index (χ2n) is 4.95. The lowest BCUT2D eigenvalue weighted by Gasteiger charge is -2.21. The van der Waals surface area contributed by atoms with E-state index in [2.05, 4.69) is 10.3 Å². The van der Waals surface area contributed by atoms with E-state index in [9.17, 15) is 4.39 Å². The molecule has 0 spiro atoms. The number of oxazole rings is 1. The fourth-order valence-electron chi connectivity index (χ4n) is 2.55. The van der Waals surface area contributed by atoms with Gasteiger partial charge in [0.1, 0.15) is 11.3 Å². The van der Waals surface area contributed by atoms with Crippen LogP contribution in [-0.4, -0.2) is 18.1 Å². The Morgan fingerprint density at radius 1 is 1.33 bits per heavy atom. The predicted octanol–water partition coefficient (Wildman–Crippen LogP) is 2.90. The molecule has 0 amide bonds. The summed E-state index contributed by atoms with van der Waals surface area (Å²) >= 11 is 0. The summed E-state index contributed by atoms with van der Waals surface area (Å²) in [5, 5.41) is 3.36. The molecule has 1 aliphatic rings. The molecule has 0 saturated carbocycles. The van der Waals surface area contributed by atoms with E-state index in [1.54, 1.807) is 6.07 Å². The zero-order chi connectivity index (χ0) is 12.4. The molecule has 0 atom stereocenters. The Bertz CT molecular complexity index is 532. The second kappa shape index (κ2) is 5.06. The Morgan fingerprint density at radius 2 is 2.17 bits per heavy atom. The van der Waals surface area contributed by atoms with Gasteiger partial charge in [-0.05, 0) is 50.4 Å². The van der Waals surface area contributed by atoms with Gasteiger partial charge in [0, 0.05) is 12.5 Å². The van der Waals surface area contributed by atoms with Crippen LogP contribution in [0.25, 0.3) is 11.1 Å². The van der Waals surface area contributed by atoms with Gasteiger partial charge in [0.25, 0.3) is 0 Å². The number of benzene rings is 1. The maximum Gasteiger partial charge on any atom is 0.195 e. The molecule has 0 aliphatic carbocycles. The number of fused-ring (bicyclic) bond motifs is 1. The number of hydrogen-bond acceptors (Lipinski definition) is 3. The fraction of sp³-hybridized carbons (Fsp3) is 0.500. The highest BCUT2D eigenvalue weighted by Gasteiger charge is 2.14. The van der Waals surface area contributed by atoms with E-state index in [0.717, 1.165) is 43.3 Å². The second-order valence-corrected chi connectivity index (χ2v) is 4.95. The van der Waals surface area contributed by atoms with Gasteiger partial charge < -0.3 is 9.73 Å². The Kier molecular flexibility index (Phi) is 3.28. The number of nitrogens with zero attached hydrogens (tertiary/aromatic N) is 1. The van der Waals surface area contributed by atoms with Gasteiger partial charge in [0.15, 0.2) is 11.5 Å². The van der Waals surface area contributed by atoms with E-state index in [0.29, 0.717) is 5.58 Å². The number of aromatic nitrogens is 1. The summed E-state index contributed by atoms with van der Waals surface area (Å²) in [6.45, 7) is 2.23. The van der Waals surface area contributed by atoms with Crippen LogP contribution in [-0.2, 0) is 6.42 Å². The van der Waals surface area contributed by atoms with E-state index >= 15 is 0 Å². The molecule has 0 bridgehead atoms. The first-order valence-electron chi connectivity index (χ1n) is 6.57. The van der Waals surface area contributed by atoms with Crippen molar-refractivity contribution < 1.29 is 8.81 Å². The lowest BCUT2D eigenvalue weighted by molar-refractivity contribution is 0.343. The molecule has 1 aliphatic heterocycles. The van der Waals surface area contributed by atoms with E-state index in [1.165, 1.54) is 25.0 Å². The van der Waals surface area contributed by atoms with E-state index in [1.807, 2.05) is 0 Å². The van der Waals surface area contributed by atoms with Crippen LogP contribution < -0.4 is 5.32 Å². The number of piperidine rings is 1. The first-order chi connectivity index (χ1) is 8.81. The maximum atomic E-state index is 13.0. The van der Waals surface area contributed by atoms with Crippen LogP contribution >= 0.6 is 0 Å². The number of aryl methyl sites for hydroxylation is 1. The van der Waals surface area contributed by atoms with Gasteiger partial charge in [-0.3, -0.25) is 0 Å². The monoisotopic (exact) mass is 248 g/mol. The van der Waals surface area contributed by atoms with E-state index < -0.39 is 0 Å². The summed E-state index contributed by atoms with van der Waals surface area (Å²) in [4.78, 5) is 4.39. The fourth-order valence-corrected chi connectivity index (χ4v) is 2.55. The van der Waals surface area contributed by atoms with E-state index in [4.69, 9.17) is 4.42 Å². The third kappa shape index (κ3) is 2.53. The average molecular weight is 248 g/mol. The van der Waals surface area contributed by atoms with Gasteiger partial charge in [-0.25, -0.2) is 9.37 Å². The molecule has 1 saturated heterocycles. The molecule has 2 aromatic rings. The molecule has 1 fully saturated rings. The van der Waals surface area contributed by atoms with Crippen molar-refractivity contribution in [2.75, 3.05) is 13.1 Å². The molecule has 0 unspecified atom stereocenters. The molecule has 1 aromatic carbocycles. The summed E-state index contributed by atoms with van der Waals surface area (Å²) in [7, 11) is 0. The molecule has 3 nitrogen and oxygen atoms in total. The summed E-state index contributed by atoms with van der Waals surface area (Å²) < 4.78 is 18.6. The molecular weight excluding hydrogens is 231 g/mol. The molecular formula is C14H17FN2O. The normalized spacial score (nSPS) is 17.4. The summed E-state index contributed by atoms with van der Waals surface area (Å²) in [5.74, 6) is 1.22. The van der Waals surface area contributed by atoms with Crippen LogP contribution in [0.5, 0.6) is 0 Å². The molecule has 1 N–H and O–H groups in total. The van der Waals surface area contributed by atoms with Crippen molar-refractivity contribution in [1.29, 1.82) is 0 Å². The van der Waals surface area contributed by atoms with Crippen LogP contribution in [0, 0.1) is 11.7 Å². The van der Waals surface area contributed by atoms with Crippen molar-refractivity contribution in [3.63, 3.8) is 0 Å². The third-order valence-electron chi connectivity index (χ3n) is 3.62. The minimum absolute atomic E-state index is 0.274. The zero-order valence-electron chi connectivity index (χ0n) is 10.3. The Morgan fingerprint density at radius 3 is 3.00 bits per heavy atom. The Hall–Kier alpha value is -1.42. The number of hydrogen-bond donors (Lipinski definition) is 1. The van der Waals surface area contributed by atoms with Crippen molar-refractivity contribution in [1.82, 2.24) is 10.3 Å². The van der Waals surface area contributed by atoms with Crippen LogP contribution in [0.2, 0.25) is 0 Å². The van der Waals surface area contributed by atoms with Crippen LogP contribution in [0.3, 0.4) is 0 Å². The molecule has 18 heavy (non-hydrogen) atoms. The minimum Gasteiger partial charge on any atom is -0.441 e. The predicted molar refractivity (Wildman–Crippen MR) is 67.9 cm³/mol. The summed E-state index contributed by atoms with van der Waals surface area (Å²) in [6, 6.07) is 4.49. The van der Waals surface area contributed by atoms with Crippen molar-refractivity contribution in [3.8, 4) is 0 Å². The van der Waals surface area contributed by atoms with Gasteiger partial charge in [0.05, 0.1) is 0 Å². The lowest BCUT2D eigenvalue weighted by atomic mass is 9.93. The molecule has 3 rings (SSSR count). The molecule has 1 aromatic heterocycles. The first-order valence-corrected chi connectivity index (χ1v) is 6.57. The average Bonchev–Trinajstić information content (AvgIpc) is 2.79. The van der Waals surface area contributed by atoms with Crippen molar-refractivity contribution in [3.05, 3.63) is 29.9 Å². The van der Waals surface area contributed by atoms with Gasteiger partial charge in [-0.1, -0.05) is 0 Å². The number of nitrogens with one attached hydrogen (secondary N) is 1.